The molecule has 0 unspecified atom stereocenters. The molecule has 0 saturated carbocycles. The number of aryl methyl sites for hydroxylation is 2. The van der Waals surface area contributed by atoms with Crippen molar-refractivity contribution in [1.29, 1.82) is 0 Å². The summed E-state index contributed by atoms with van der Waals surface area (Å²) in [6.07, 6.45) is 0. The van der Waals surface area contributed by atoms with E-state index in [-0.39, 0.29) is 24.1 Å². The molecule has 0 saturated heterocycles. The standard InChI is InChI=1S/C26H23ClN2O3/c1-16-4-13-22(17(2)14-16)23-24(28-20-9-11-21(32-3)12-10-20)26(31)29(25(23)30)15-18-5-7-19(27)8-6-18/h4-14,28H,15H2,1-3H3. The number of hydrogen-bond acceptors (Lipinski definition) is 4. The van der Waals surface area contributed by atoms with Gasteiger partial charge in [0.05, 0.1) is 19.2 Å². The van der Waals surface area contributed by atoms with E-state index in [1.165, 1.54) is 4.90 Å². The molecule has 3 aromatic carbocycles. The van der Waals surface area contributed by atoms with E-state index >= 15 is 0 Å². The zero-order valence-corrected chi connectivity index (χ0v) is 18.9. The molecule has 3 aromatic rings. The molecule has 6 heteroatoms. The van der Waals surface area contributed by atoms with Crippen molar-refractivity contribution in [2.75, 3.05) is 12.4 Å². The topological polar surface area (TPSA) is 58.6 Å². The van der Waals surface area contributed by atoms with Gasteiger partial charge in [-0.2, -0.15) is 0 Å². The van der Waals surface area contributed by atoms with E-state index in [1.54, 1.807) is 31.4 Å². The van der Waals surface area contributed by atoms with Gasteiger partial charge in [-0.1, -0.05) is 47.5 Å². The van der Waals surface area contributed by atoms with Gasteiger partial charge in [-0.25, -0.2) is 0 Å². The van der Waals surface area contributed by atoms with Crippen molar-refractivity contribution < 1.29 is 14.3 Å². The second-order valence-corrected chi connectivity index (χ2v) is 8.18. The van der Waals surface area contributed by atoms with Crippen molar-refractivity contribution in [1.82, 2.24) is 4.90 Å². The van der Waals surface area contributed by atoms with Gasteiger partial charge in [0.1, 0.15) is 11.4 Å². The highest BCUT2D eigenvalue weighted by atomic mass is 35.5. The summed E-state index contributed by atoms with van der Waals surface area (Å²) >= 11 is 5.98. The van der Waals surface area contributed by atoms with Gasteiger partial charge in [0.2, 0.25) is 0 Å². The molecule has 2 amide bonds. The van der Waals surface area contributed by atoms with E-state index in [9.17, 15) is 9.59 Å². The van der Waals surface area contributed by atoms with Crippen molar-refractivity contribution in [2.45, 2.75) is 20.4 Å². The molecule has 0 spiro atoms. The Balaban J connectivity index is 1.75. The molecule has 0 aliphatic carbocycles. The summed E-state index contributed by atoms with van der Waals surface area (Å²) in [6, 6.07) is 20.2. The Labute approximate surface area is 192 Å². The Morgan fingerprint density at radius 2 is 1.59 bits per heavy atom. The lowest BCUT2D eigenvalue weighted by molar-refractivity contribution is -0.137. The van der Waals surface area contributed by atoms with Gasteiger partial charge in [-0.15, -0.1) is 0 Å². The highest BCUT2D eigenvalue weighted by Crippen LogP contribution is 2.33. The molecule has 1 heterocycles. The molecule has 1 aliphatic heterocycles. The van der Waals surface area contributed by atoms with Gasteiger partial charge in [0, 0.05) is 10.7 Å². The molecule has 0 bridgehead atoms. The van der Waals surface area contributed by atoms with Gasteiger partial charge in [-0.05, 0) is 66.9 Å². The highest BCUT2D eigenvalue weighted by molar-refractivity contribution is 6.36. The van der Waals surface area contributed by atoms with Crippen molar-refractivity contribution in [3.8, 4) is 5.75 Å². The molecule has 1 N–H and O–H groups in total. The lowest BCUT2D eigenvalue weighted by Crippen LogP contribution is -2.32. The first-order valence-corrected chi connectivity index (χ1v) is 10.6. The van der Waals surface area contributed by atoms with Crippen LogP contribution in [0.5, 0.6) is 5.75 Å². The van der Waals surface area contributed by atoms with Crippen molar-refractivity contribution >= 4 is 34.7 Å². The Bertz CT molecular complexity index is 1210. The number of benzene rings is 3. The predicted molar refractivity (Wildman–Crippen MR) is 126 cm³/mol. The summed E-state index contributed by atoms with van der Waals surface area (Å²) in [6.45, 7) is 4.10. The lowest BCUT2D eigenvalue weighted by atomic mass is 9.97. The predicted octanol–water partition coefficient (Wildman–Crippen LogP) is 5.36. The molecule has 32 heavy (non-hydrogen) atoms. The normalized spacial score (nSPS) is 13.7. The number of carbonyl (C=O) groups is 2. The first-order chi connectivity index (χ1) is 15.4. The average molecular weight is 447 g/mol. The van der Waals surface area contributed by atoms with Crippen LogP contribution in [0, 0.1) is 13.8 Å². The van der Waals surface area contributed by atoms with Crippen molar-refractivity contribution in [3.63, 3.8) is 0 Å². The zero-order valence-electron chi connectivity index (χ0n) is 18.1. The molecule has 0 aromatic heterocycles. The maximum absolute atomic E-state index is 13.5. The van der Waals surface area contributed by atoms with Crippen LogP contribution in [0.25, 0.3) is 5.57 Å². The van der Waals surface area contributed by atoms with Crippen LogP contribution in [0.4, 0.5) is 5.69 Å². The fraction of sp³-hybridized carbons (Fsp3) is 0.154. The first kappa shape index (κ1) is 21.7. The van der Waals surface area contributed by atoms with Gasteiger partial charge in [0.25, 0.3) is 11.8 Å². The number of hydrogen-bond donors (Lipinski definition) is 1. The summed E-state index contributed by atoms with van der Waals surface area (Å²) in [5.74, 6) is 0.0148. The van der Waals surface area contributed by atoms with Crippen LogP contribution in [-0.4, -0.2) is 23.8 Å². The Morgan fingerprint density at radius 3 is 2.22 bits per heavy atom. The number of methoxy groups -OCH3 is 1. The minimum absolute atomic E-state index is 0.164. The number of carbonyl (C=O) groups excluding carboxylic acids is 2. The maximum atomic E-state index is 13.5. The SMILES string of the molecule is COc1ccc(NC2=C(c3ccc(C)cc3C)C(=O)N(Cc3ccc(Cl)cc3)C2=O)cc1. The lowest BCUT2D eigenvalue weighted by Gasteiger charge is -2.16. The van der Waals surface area contributed by atoms with Gasteiger partial charge >= 0.3 is 0 Å². The smallest absolute Gasteiger partial charge is 0.278 e. The number of ether oxygens (including phenoxy) is 1. The third-order valence-corrected chi connectivity index (χ3v) is 5.68. The minimum Gasteiger partial charge on any atom is -0.497 e. The Kier molecular flexibility index (Phi) is 6.01. The van der Waals surface area contributed by atoms with Crippen LogP contribution in [0.2, 0.25) is 5.02 Å². The molecule has 0 radical (unpaired) electrons. The van der Waals surface area contributed by atoms with Gasteiger partial charge in [-0.3, -0.25) is 14.5 Å². The molecule has 4 rings (SSSR count). The van der Waals surface area contributed by atoms with Gasteiger partial charge < -0.3 is 10.1 Å². The summed E-state index contributed by atoms with van der Waals surface area (Å²) in [5.41, 5.74) is 4.91. The largest absolute Gasteiger partial charge is 0.497 e. The number of imide groups is 1. The van der Waals surface area contributed by atoms with Gasteiger partial charge in [0.15, 0.2) is 0 Å². The number of amides is 2. The van der Waals surface area contributed by atoms with E-state index < -0.39 is 0 Å². The minimum atomic E-state index is -0.365. The number of rotatable bonds is 6. The Hall–Kier alpha value is -3.57. The highest BCUT2D eigenvalue weighted by Gasteiger charge is 2.39. The second kappa shape index (κ2) is 8.89. The molecule has 1 aliphatic rings. The zero-order chi connectivity index (χ0) is 22.8. The third kappa shape index (κ3) is 4.25. The number of halogens is 1. The fourth-order valence-corrected chi connectivity index (χ4v) is 3.90. The molecule has 0 atom stereocenters. The number of nitrogens with one attached hydrogen (secondary N) is 1. The summed E-state index contributed by atoms with van der Waals surface area (Å²) in [5, 5.41) is 3.78. The van der Waals surface area contributed by atoms with Crippen LogP contribution < -0.4 is 10.1 Å². The number of nitrogens with zero attached hydrogens (tertiary/aromatic N) is 1. The molecule has 162 valence electrons. The Morgan fingerprint density at radius 1 is 0.906 bits per heavy atom. The second-order valence-electron chi connectivity index (χ2n) is 7.74. The van der Waals surface area contributed by atoms with Crippen molar-refractivity contribution in [2.24, 2.45) is 0 Å². The quantitative estimate of drug-likeness (QED) is 0.518. The fourth-order valence-electron chi connectivity index (χ4n) is 3.77. The molecular weight excluding hydrogens is 424 g/mol. The van der Waals surface area contributed by atoms with Crippen LogP contribution >= 0.6 is 11.6 Å². The van der Waals surface area contributed by atoms with E-state index in [1.807, 2.05) is 56.3 Å². The van der Waals surface area contributed by atoms with E-state index in [0.717, 1.165) is 22.3 Å². The van der Waals surface area contributed by atoms with E-state index in [0.29, 0.717) is 22.0 Å². The molecular formula is C26H23ClN2O3. The van der Waals surface area contributed by atoms with Crippen LogP contribution in [0.1, 0.15) is 22.3 Å². The third-order valence-electron chi connectivity index (χ3n) is 5.43. The van der Waals surface area contributed by atoms with Crippen LogP contribution in [0.15, 0.2) is 72.4 Å². The summed E-state index contributed by atoms with van der Waals surface area (Å²) in [7, 11) is 1.59. The molecule has 0 fully saturated rings. The monoisotopic (exact) mass is 446 g/mol. The average Bonchev–Trinajstić information content (AvgIpc) is 3.00. The van der Waals surface area contributed by atoms with Crippen molar-refractivity contribution in [3.05, 3.63) is 99.7 Å². The summed E-state index contributed by atoms with van der Waals surface area (Å²) in [4.78, 5) is 28.2. The van der Waals surface area contributed by atoms with E-state index in [4.69, 9.17) is 16.3 Å². The summed E-state index contributed by atoms with van der Waals surface area (Å²) < 4.78 is 5.21. The molecule has 5 nitrogen and oxygen atoms in total. The maximum Gasteiger partial charge on any atom is 0.278 e. The van der Waals surface area contributed by atoms with Crippen LogP contribution in [0.3, 0.4) is 0 Å². The van der Waals surface area contributed by atoms with Crippen LogP contribution in [-0.2, 0) is 16.1 Å². The van der Waals surface area contributed by atoms with E-state index in [2.05, 4.69) is 5.32 Å². The number of anilines is 1. The first-order valence-electron chi connectivity index (χ1n) is 10.2.